The summed E-state index contributed by atoms with van der Waals surface area (Å²) in [6.07, 6.45) is 3.49. The molecule has 3 unspecified atom stereocenters. The molecule has 1 fully saturated rings. The zero-order valence-electron chi connectivity index (χ0n) is 11.2. The Morgan fingerprint density at radius 2 is 2.12 bits per heavy atom. The molecular formula is C12H24N2O2S. The highest BCUT2D eigenvalue weighted by molar-refractivity contribution is 7.84. The van der Waals surface area contributed by atoms with Crippen molar-refractivity contribution in [2.45, 2.75) is 45.8 Å². The molecule has 1 rings (SSSR count). The summed E-state index contributed by atoms with van der Waals surface area (Å²) in [6, 6.07) is -0.0328. The minimum absolute atomic E-state index is 0.0328. The number of carbonyl (C=O) groups excluding carboxylic acids is 1. The molecule has 1 amide bonds. The van der Waals surface area contributed by atoms with Gasteiger partial charge in [0.1, 0.15) is 0 Å². The molecule has 100 valence electrons. The van der Waals surface area contributed by atoms with Crippen LogP contribution in [0.4, 0.5) is 0 Å². The molecule has 0 aliphatic carbocycles. The Balaban J connectivity index is 2.58. The fraction of sp³-hybridized carbons (Fsp3) is 0.917. The lowest BCUT2D eigenvalue weighted by molar-refractivity contribution is -0.130. The van der Waals surface area contributed by atoms with Crippen molar-refractivity contribution >= 4 is 16.7 Å². The van der Waals surface area contributed by atoms with Gasteiger partial charge in [0, 0.05) is 29.4 Å². The van der Waals surface area contributed by atoms with Gasteiger partial charge >= 0.3 is 0 Å². The molecule has 1 saturated heterocycles. The van der Waals surface area contributed by atoms with E-state index in [4.69, 9.17) is 0 Å². The average Bonchev–Trinajstić information content (AvgIpc) is 2.56. The van der Waals surface area contributed by atoms with Crippen molar-refractivity contribution in [1.82, 2.24) is 10.2 Å². The summed E-state index contributed by atoms with van der Waals surface area (Å²) >= 11 is 0. The molecule has 0 aromatic rings. The summed E-state index contributed by atoms with van der Waals surface area (Å²) in [6.45, 7) is 6.98. The second-order valence-electron chi connectivity index (χ2n) is 4.98. The third-order valence-corrected chi connectivity index (χ3v) is 4.02. The van der Waals surface area contributed by atoms with Crippen molar-refractivity contribution in [3.05, 3.63) is 0 Å². The topological polar surface area (TPSA) is 49.4 Å². The largest absolute Gasteiger partial charge is 0.326 e. The van der Waals surface area contributed by atoms with E-state index in [0.717, 1.165) is 12.8 Å². The summed E-state index contributed by atoms with van der Waals surface area (Å²) in [5, 5.41) is 3.38. The number of hydrogen-bond acceptors (Lipinski definition) is 3. The fourth-order valence-electron chi connectivity index (χ4n) is 2.24. The maximum absolute atomic E-state index is 12.1. The second-order valence-corrected chi connectivity index (χ2v) is 6.53. The Bertz CT molecular complexity index is 294. The Morgan fingerprint density at radius 3 is 2.59 bits per heavy atom. The highest BCUT2D eigenvalue weighted by Crippen LogP contribution is 2.19. The quantitative estimate of drug-likeness (QED) is 0.773. The number of nitrogens with one attached hydrogen (secondary N) is 1. The first-order valence-electron chi connectivity index (χ1n) is 6.34. The van der Waals surface area contributed by atoms with Crippen LogP contribution in [0.3, 0.4) is 0 Å². The van der Waals surface area contributed by atoms with Gasteiger partial charge in [0.25, 0.3) is 0 Å². The molecule has 0 bridgehead atoms. The lowest BCUT2D eigenvalue weighted by Crippen LogP contribution is -2.42. The Labute approximate surface area is 107 Å². The lowest BCUT2D eigenvalue weighted by atomic mass is 10.1. The van der Waals surface area contributed by atoms with E-state index < -0.39 is 10.8 Å². The van der Waals surface area contributed by atoms with Gasteiger partial charge in [-0.3, -0.25) is 14.3 Å². The van der Waals surface area contributed by atoms with E-state index >= 15 is 0 Å². The van der Waals surface area contributed by atoms with Crippen LogP contribution in [0.1, 0.15) is 33.6 Å². The van der Waals surface area contributed by atoms with E-state index in [9.17, 15) is 9.00 Å². The molecule has 0 aromatic heterocycles. The molecule has 4 nitrogen and oxygen atoms in total. The number of rotatable bonds is 6. The summed E-state index contributed by atoms with van der Waals surface area (Å²) in [5.74, 6) is 1.28. The predicted molar refractivity (Wildman–Crippen MR) is 71.1 cm³/mol. The first-order valence-corrected chi connectivity index (χ1v) is 8.06. The number of amides is 1. The molecule has 1 heterocycles. The smallest absolute Gasteiger partial charge is 0.241 e. The van der Waals surface area contributed by atoms with E-state index in [-0.39, 0.29) is 18.1 Å². The van der Waals surface area contributed by atoms with Crippen molar-refractivity contribution in [2.24, 2.45) is 5.92 Å². The monoisotopic (exact) mass is 260 g/mol. The van der Waals surface area contributed by atoms with Crippen LogP contribution in [0.15, 0.2) is 0 Å². The maximum atomic E-state index is 12.1. The van der Waals surface area contributed by atoms with Crippen LogP contribution in [0.25, 0.3) is 0 Å². The highest BCUT2D eigenvalue weighted by atomic mass is 32.2. The Morgan fingerprint density at radius 1 is 1.47 bits per heavy atom. The van der Waals surface area contributed by atoms with Crippen LogP contribution >= 0.6 is 0 Å². The second kappa shape index (κ2) is 6.50. The summed E-state index contributed by atoms with van der Waals surface area (Å²) in [7, 11) is -0.768. The Hall–Kier alpha value is -0.420. The standard InChI is InChI=1S/C12H24N2O2S/c1-5-10-12(15)14(7-6-8-17(4)16)11(13-10)9(2)3/h9-11,13H,5-8H2,1-4H3. The van der Waals surface area contributed by atoms with Gasteiger partial charge < -0.3 is 4.90 Å². The lowest BCUT2D eigenvalue weighted by Gasteiger charge is -2.27. The van der Waals surface area contributed by atoms with Gasteiger partial charge in [0.15, 0.2) is 0 Å². The first kappa shape index (κ1) is 14.6. The molecule has 17 heavy (non-hydrogen) atoms. The third kappa shape index (κ3) is 3.78. The van der Waals surface area contributed by atoms with Gasteiger partial charge in [-0.1, -0.05) is 20.8 Å². The molecule has 1 N–H and O–H groups in total. The van der Waals surface area contributed by atoms with E-state index in [1.165, 1.54) is 0 Å². The minimum Gasteiger partial charge on any atom is -0.326 e. The maximum Gasteiger partial charge on any atom is 0.241 e. The Kier molecular flexibility index (Phi) is 5.59. The van der Waals surface area contributed by atoms with Crippen LogP contribution in [0, 0.1) is 5.92 Å². The van der Waals surface area contributed by atoms with E-state index in [1.807, 2.05) is 11.8 Å². The summed E-state index contributed by atoms with van der Waals surface area (Å²) in [5.41, 5.74) is 0. The highest BCUT2D eigenvalue weighted by Gasteiger charge is 2.38. The zero-order chi connectivity index (χ0) is 13.0. The van der Waals surface area contributed by atoms with Crippen LogP contribution in [-0.4, -0.2) is 45.8 Å². The van der Waals surface area contributed by atoms with Crippen LogP contribution in [0.2, 0.25) is 0 Å². The summed E-state index contributed by atoms with van der Waals surface area (Å²) < 4.78 is 11.0. The first-order chi connectivity index (χ1) is 7.97. The SMILES string of the molecule is CCC1NC(C(C)C)N(CCCS(C)=O)C1=O. The number of carbonyl (C=O) groups is 1. The predicted octanol–water partition coefficient (Wildman–Crippen LogP) is 0.948. The molecule has 0 radical (unpaired) electrons. The number of nitrogens with zero attached hydrogens (tertiary/aromatic N) is 1. The molecule has 1 aliphatic heterocycles. The van der Waals surface area contributed by atoms with Crippen LogP contribution < -0.4 is 5.32 Å². The normalized spacial score (nSPS) is 26.9. The molecule has 0 saturated carbocycles. The average molecular weight is 260 g/mol. The van der Waals surface area contributed by atoms with Crippen molar-refractivity contribution in [3.8, 4) is 0 Å². The van der Waals surface area contributed by atoms with Crippen molar-refractivity contribution in [3.63, 3.8) is 0 Å². The zero-order valence-corrected chi connectivity index (χ0v) is 12.0. The van der Waals surface area contributed by atoms with Gasteiger partial charge in [0.2, 0.25) is 5.91 Å². The van der Waals surface area contributed by atoms with Crippen LogP contribution in [-0.2, 0) is 15.6 Å². The molecule has 1 aliphatic rings. The summed E-state index contributed by atoms with van der Waals surface area (Å²) in [4.78, 5) is 14.0. The van der Waals surface area contributed by atoms with Gasteiger partial charge in [0.05, 0.1) is 12.2 Å². The van der Waals surface area contributed by atoms with Gasteiger partial charge in [-0.05, 0) is 18.8 Å². The number of hydrogen-bond donors (Lipinski definition) is 1. The molecule has 0 aromatic carbocycles. The van der Waals surface area contributed by atoms with E-state index in [0.29, 0.717) is 18.2 Å². The van der Waals surface area contributed by atoms with Crippen molar-refractivity contribution in [2.75, 3.05) is 18.6 Å². The molecular weight excluding hydrogens is 236 g/mol. The third-order valence-electron chi connectivity index (χ3n) is 3.16. The van der Waals surface area contributed by atoms with Crippen molar-refractivity contribution < 1.29 is 9.00 Å². The molecule has 0 spiro atoms. The van der Waals surface area contributed by atoms with Gasteiger partial charge in [-0.15, -0.1) is 0 Å². The van der Waals surface area contributed by atoms with Gasteiger partial charge in [-0.2, -0.15) is 0 Å². The van der Waals surface area contributed by atoms with E-state index in [1.54, 1.807) is 6.26 Å². The van der Waals surface area contributed by atoms with E-state index in [2.05, 4.69) is 19.2 Å². The van der Waals surface area contributed by atoms with Crippen LogP contribution in [0.5, 0.6) is 0 Å². The fourth-order valence-corrected chi connectivity index (χ4v) is 2.77. The van der Waals surface area contributed by atoms with Crippen molar-refractivity contribution in [1.29, 1.82) is 0 Å². The van der Waals surface area contributed by atoms with Gasteiger partial charge in [-0.25, -0.2) is 0 Å². The minimum atomic E-state index is -0.768. The molecule has 5 heteroatoms. The molecule has 3 atom stereocenters.